The molecular formula is C18H24N2O2. The fraction of sp³-hybridized carbons (Fsp3) is 0.500. The molecule has 118 valence electrons. The van der Waals surface area contributed by atoms with Gasteiger partial charge in [-0.25, -0.2) is 4.98 Å². The molecule has 4 nitrogen and oxygen atoms in total. The van der Waals surface area contributed by atoms with Crippen LogP contribution in [-0.4, -0.2) is 37.1 Å². The van der Waals surface area contributed by atoms with Crippen molar-refractivity contribution < 1.29 is 9.47 Å². The first-order valence-corrected chi connectivity index (χ1v) is 7.82. The van der Waals surface area contributed by atoms with E-state index in [1.54, 1.807) is 0 Å². The Bertz CT molecular complexity index is 680. The van der Waals surface area contributed by atoms with Gasteiger partial charge in [-0.3, -0.25) is 0 Å². The summed E-state index contributed by atoms with van der Waals surface area (Å²) >= 11 is 0. The molecule has 3 rings (SSSR count). The van der Waals surface area contributed by atoms with E-state index in [-0.39, 0.29) is 5.60 Å². The molecule has 0 atom stereocenters. The summed E-state index contributed by atoms with van der Waals surface area (Å²) in [5.74, 6) is 0.949. The van der Waals surface area contributed by atoms with E-state index in [9.17, 15) is 0 Å². The second-order valence-corrected chi connectivity index (χ2v) is 6.59. The zero-order chi connectivity index (χ0) is 15.7. The molecule has 0 radical (unpaired) electrons. The minimum absolute atomic E-state index is 0.346. The van der Waals surface area contributed by atoms with E-state index in [0.717, 1.165) is 40.9 Å². The van der Waals surface area contributed by atoms with Crippen molar-refractivity contribution in [3.8, 4) is 5.75 Å². The fourth-order valence-electron chi connectivity index (χ4n) is 2.89. The van der Waals surface area contributed by atoms with Gasteiger partial charge in [-0.15, -0.1) is 0 Å². The van der Waals surface area contributed by atoms with Crippen LogP contribution in [0.1, 0.15) is 31.5 Å². The summed E-state index contributed by atoms with van der Waals surface area (Å²) in [6, 6.07) is 8.16. The van der Waals surface area contributed by atoms with E-state index < -0.39 is 0 Å². The Balaban J connectivity index is 1.97. The van der Waals surface area contributed by atoms with Crippen LogP contribution in [0.25, 0.3) is 10.9 Å². The monoisotopic (exact) mass is 300 g/mol. The number of rotatable bonds is 5. The van der Waals surface area contributed by atoms with Gasteiger partial charge in [0.05, 0.1) is 24.4 Å². The van der Waals surface area contributed by atoms with Crippen molar-refractivity contribution in [3.05, 3.63) is 35.5 Å². The van der Waals surface area contributed by atoms with Gasteiger partial charge in [0.1, 0.15) is 11.4 Å². The molecule has 2 heterocycles. The van der Waals surface area contributed by atoms with Crippen LogP contribution in [0.2, 0.25) is 0 Å². The van der Waals surface area contributed by atoms with Crippen molar-refractivity contribution in [2.75, 3.05) is 27.2 Å². The molecular weight excluding hydrogens is 276 g/mol. The van der Waals surface area contributed by atoms with Gasteiger partial charge < -0.3 is 14.4 Å². The van der Waals surface area contributed by atoms with Crippen LogP contribution in [0, 0.1) is 0 Å². The molecule has 1 aliphatic heterocycles. The summed E-state index contributed by atoms with van der Waals surface area (Å²) in [5.41, 5.74) is 2.74. The summed E-state index contributed by atoms with van der Waals surface area (Å²) in [6.45, 7) is 6.43. The van der Waals surface area contributed by atoms with Crippen molar-refractivity contribution >= 4 is 10.9 Å². The van der Waals surface area contributed by atoms with Gasteiger partial charge in [-0.1, -0.05) is 12.1 Å². The third-order valence-corrected chi connectivity index (χ3v) is 4.08. The Morgan fingerprint density at radius 1 is 1.27 bits per heavy atom. The van der Waals surface area contributed by atoms with Gasteiger partial charge in [0.25, 0.3) is 0 Å². The second-order valence-electron chi connectivity index (χ2n) is 6.59. The van der Waals surface area contributed by atoms with Gasteiger partial charge in [0, 0.05) is 17.5 Å². The van der Waals surface area contributed by atoms with Crippen LogP contribution in [0.4, 0.5) is 0 Å². The van der Waals surface area contributed by atoms with E-state index in [1.165, 1.54) is 0 Å². The second kappa shape index (κ2) is 5.86. The predicted molar refractivity (Wildman–Crippen MR) is 88.2 cm³/mol. The number of para-hydroxylation sites is 1. The number of hydrogen-bond donors (Lipinski definition) is 0. The Morgan fingerprint density at radius 3 is 2.82 bits per heavy atom. The third-order valence-electron chi connectivity index (χ3n) is 4.08. The highest BCUT2D eigenvalue weighted by molar-refractivity contribution is 5.87. The zero-order valence-electron chi connectivity index (χ0n) is 13.8. The zero-order valence-corrected chi connectivity index (χ0v) is 13.8. The summed E-state index contributed by atoms with van der Waals surface area (Å²) in [6.07, 6.45) is 1.00. The molecule has 1 aliphatic rings. The lowest BCUT2D eigenvalue weighted by molar-refractivity contribution is -0.0102. The average molecular weight is 300 g/mol. The van der Waals surface area contributed by atoms with E-state index in [0.29, 0.717) is 13.2 Å². The maximum atomic E-state index is 6.16. The van der Waals surface area contributed by atoms with E-state index in [2.05, 4.69) is 38.9 Å². The molecule has 1 aromatic carbocycles. The lowest BCUT2D eigenvalue weighted by atomic mass is 10.00. The Kier molecular flexibility index (Phi) is 4.06. The molecule has 0 aliphatic carbocycles. The van der Waals surface area contributed by atoms with Gasteiger partial charge >= 0.3 is 0 Å². The first-order valence-electron chi connectivity index (χ1n) is 7.82. The van der Waals surface area contributed by atoms with Crippen LogP contribution in [0.3, 0.4) is 0 Å². The van der Waals surface area contributed by atoms with Crippen molar-refractivity contribution in [3.63, 3.8) is 0 Å². The lowest BCUT2D eigenvalue weighted by Gasteiger charge is -2.19. The van der Waals surface area contributed by atoms with Crippen molar-refractivity contribution in [2.45, 2.75) is 32.5 Å². The molecule has 22 heavy (non-hydrogen) atoms. The molecule has 0 unspecified atom stereocenters. The van der Waals surface area contributed by atoms with Crippen molar-refractivity contribution in [2.24, 2.45) is 0 Å². The van der Waals surface area contributed by atoms with Crippen LogP contribution < -0.4 is 4.74 Å². The largest absolute Gasteiger partial charge is 0.492 e. The van der Waals surface area contributed by atoms with Gasteiger partial charge in [0.2, 0.25) is 0 Å². The van der Waals surface area contributed by atoms with Crippen LogP contribution in [0.5, 0.6) is 5.75 Å². The summed E-state index contributed by atoms with van der Waals surface area (Å²) in [4.78, 5) is 6.98. The molecule has 1 aromatic heterocycles. The quantitative estimate of drug-likeness (QED) is 0.793. The Morgan fingerprint density at radius 2 is 2.05 bits per heavy atom. The lowest BCUT2D eigenvalue weighted by Crippen LogP contribution is -2.17. The molecule has 4 heteroatoms. The SMILES string of the molecule is CN(C)CCCOc1c2c(nc3ccccc13)C(C)(C)OC2. The molecule has 0 N–H and O–H groups in total. The first-order chi connectivity index (χ1) is 10.5. The maximum Gasteiger partial charge on any atom is 0.136 e. The molecule has 0 spiro atoms. The number of pyridine rings is 1. The minimum Gasteiger partial charge on any atom is -0.492 e. The van der Waals surface area contributed by atoms with Crippen LogP contribution in [0.15, 0.2) is 24.3 Å². The van der Waals surface area contributed by atoms with Crippen molar-refractivity contribution in [1.29, 1.82) is 0 Å². The number of hydrogen-bond acceptors (Lipinski definition) is 4. The Hall–Kier alpha value is -1.65. The molecule has 0 bridgehead atoms. The Labute approximate surface area is 132 Å². The number of benzene rings is 1. The standard InChI is InChI=1S/C18H24N2O2/c1-18(2)17-14(12-22-18)16(21-11-7-10-20(3)4)13-8-5-6-9-15(13)19-17/h5-6,8-9H,7,10-12H2,1-4H3. The number of fused-ring (bicyclic) bond motifs is 2. The summed E-state index contributed by atoms with van der Waals surface area (Å²) < 4.78 is 12.1. The summed E-state index contributed by atoms with van der Waals surface area (Å²) in [7, 11) is 4.16. The number of ether oxygens (including phenoxy) is 2. The summed E-state index contributed by atoms with van der Waals surface area (Å²) in [5, 5.41) is 1.08. The molecule has 0 saturated heterocycles. The normalized spacial score (nSPS) is 16.2. The molecule has 0 fully saturated rings. The van der Waals surface area contributed by atoms with Crippen LogP contribution in [-0.2, 0) is 16.9 Å². The highest BCUT2D eigenvalue weighted by atomic mass is 16.5. The van der Waals surface area contributed by atoms with E-state index in [1.807, 2.05) is 18.2 Å². The van der Waals surface area contributed by atoms with E-state index in [4.69, 9.17) is 14.5 Å². The van der Waals surface area contributed by atoms with Gasteiger partial charge in [0.15, 0.2) is 0 Å². The predicted octanol–water partition coefficient (Wildman–Crippen LogP) is 3.33. The smallest absolute Gasteiger partial charge is 0.136 e. The van der Waals surface area contributed by atoms with E-state index >= 15 is 0 Å². The van der Waals surface area contributed by atoms with Crippen LogP contribution >= 0.6 is 0 Å². The molecule has 0 saturated carbocycles. The molecule has 0 amide bonds. The topological polar surface area (TPSA) is 34.6 Å². The maximum absolute atomic E-state index is 6.16. The average Bonchev–Trinajstić information content (AvgIpc) is 2.78. The first kappa shape index (κ1) is 15.3. The minimum atomic E-state index is -0.346. The van der Waals surface area contributed by atoms with Gasteiger partial charge in [-0.05, 0) is 46.5 Å². The third kappa shape index (κ3) is 2.81. The fourth-order valence-corrected chi connectivity index (χ4v) is 2.89. The van der Waals surface area contributed by atoms with Gasteiger partial charge in [-0.2, -0.15) is 0 Å². The highest BCUT2D eigenvalue weighted by Gasteiger charge is 2.35. The molecule has 2 aromatic rings. The van der Waals surface area contributed by atoms with Crippen molar-refractivity contribution in [1.82, 2.24) is 9.88 Å². The number of aromatic nitrogens is 1. The highest BCUT2D eigenvalue weighted by Crippen LogP contribution is 2.42. The number of nitrogens with zero attached hydrogens (tertiary/aromatic N) is 2.